The Labute approximate surface area is 319 Å². The van der Waals surface area contributed by atoms with Crippen molar-refractivity contribution in [2.45, 2.75) is 251 Å². The number of nitrogens with one attached hydrogen (secondary N) is 1. The Kier molecular flexibility index (Phi) is 41.8. The number of aliphatic hydroxyl groups excluding tert-OH is 2. The molecule has 0 aromatic carbocycles. The van der Waals surface area contributed by atoms with E-state index in [-0.39, 0.29) is 12.5 Å². The molecule has 51 heavy (non-hydrogen) atoms. The Balaban J connectivity index is 3.50. The molecule has 0 bridgehead atoms. The number of allylic oxidation sites excluding steroid dienone is 5. The summed E-state index contributed by atoms with van der Waals surface area (Å²) in [4.78, 5) is 12.4. The first kappa shape index (κ1) is 49.6. The molecule has 1 amide bonds. The van der Waals surface area contributed by atoms with E-state index < -0.39 is 12.1 Å². The second kappa shape index (κ2) is 43.0. The summed E-state index contributed by atoms with van der Waals surface area (Å²) in [6, 6.07) is -0.641. The molecule has 0 heterocycles. The van der Waals surface area contributed by atoms with Crippen LogP contribution in [0.4, 0.5) is 0 Å². The van der Waals surface area contributed by atoms with E-state index >= 15 is 0 Å². The first-order valence-electron chi connectivity index (χ1n) is 22.7. The third kappa shape index (κ3) is 39.6. The van der Waals surface area contributed by atoms with Gasteiger partial charge < -0.3 is 15.5 Å². The van der Waals surface area contributed by atoms with E-state index in [0.29, 0.717) is 6.42 Å². The summed E-state index contributed by atoms with van der Waals surface area (Å²) in [5.74, 6) is -0.0757. The Morgan fingerprint density at radius 3 is 1.14 bits per heavy atom. The fourth-order valence-corrected chi connectivity index (χ4v) is 6.86. The van der Waals surface area contributed by atoms with E-state index in [9.17, 15) is 15.0 Å². The van der Waals surface area contributed by atoms with Gasteiger partial charge in [-0.05, 0) is 44.9 Å². The lowest BCUT2D eigenvalue weighted by Gasteiger charge is -2.19. The van der Waals surface area contributed by atoms with E-state index in [1.807, 2.05) is 6.08 Å². The second-order valence-electron chi connectivity index (χ2n) is 15.5. The van der Waals surface area contributed by atoms with Gasteiger partial charge in [0.2, 0.25) is 5.91 Å². The maximum Gasteiger partial charge on any atom is 0.220 e. The first-order valence-corrected chi connectivity index (χ1v) is 22.7. The quantitative estimate of drug-likeness (QED) is 0.0436. The Bertz CT molecular complexity index is 775. The standard InChI is InChI=1S/C47H89NO3/c1-3-5-7-9-11-13-15-17-18-19-20-21-22-23-24-25-26-27-28-29-31-33-35-37-39-41-43-47(51)48-45(44-49)46(50)42-40-38-36-34-32-30-16-14-12-10-8-6-4-2/h12,14,32,34,40,42,45-46,49-50H,3-11,13,15-31,33,35-39,41,43-44H2,1-2H3,(H,48,51)/b14-12+,34-32+,42-40+. The van der Waals surface area contributed by atoms with Gasteiger partial charge in [0.15, 0.2) is 0 Å². The molecule has 0 aliphatic carbocycles. The van der Waals surface area contributed by atoms with E-state index in [1.165, 1.54) is 180 Å². The maximum absolute atomic E-state index is 12.4. The number of aliphatic hydroxyl groups is 2. The van der Waals surface area contributed by atoms with Crippen molar-refractivity contribution in [1.82, 2.24) is 5.32 Å². The number of carbonyl (C=O) groups excluding carboxylic acids is 1. The molecule has 4 nitrogen and oxygen atoms in total. The van der Waals surface area contributed by atoms with Crippen LogP contribution in [0.3, 0.4) is 0 Å². The molecule has 0 rings (SSSR count). The molecule has 2 unspecified atom stereocenters. The molecule has 0 spiro atoms. The van der Waals surface area contributed by atoms with Crippen LogP contribution in [0.5, 0.6) is 0 Å². The van der Waals surface area contributed by atoms with Crippen molar-refractivity contribution >= 4 is 5.91 Å². The molecular weight excluding hydrogens is 627 g/mol. The summed E-state index contributed by atoms with van der Waals surface area (Å²) in [6.07, 6.45) is 57.0. The van der Waals surface area contributed by atoms with Gasteiger partial charge in [-0.1, -0.05) is 224 Å². The summed E-state index contributed by atoms with van der Waals surface area (Å²) >= 11 is 0. The van der Waals surface area contributed by atoms with E-state index in [1.54, 1.807) is 6.08 Å². The molecule has 0 aliphatic heterocycles. The normalized spacial score (nSPS) is 13.3. The lowest BCUT2D eigenvalue weighted by Crippen LogP contribution is -2.45. The molecule has 0 fully saturated rings. The number of unbranched alkanes of at least 4 members (excludes halogenated alkanes) is 30. The molecular formula is C47H89NO3. The van der Waals surface area contributed by atoms with Crippen LogP contribution in [0.15, 0.2) is 36.5 Å². The van der Waals surface area contributed by atoms with Crippen molar-refractivity contribution in [3.05, 3.63) is 36.5 Å². The van der Waals surface area contributed by atoms with Crippen LogP contribution in [0.1, 0.15) is 239 Å². The molecule has 0 aromatic heterocycles. The zero-order valence-electron chi connectivity index (χ0n) is 34.4. The Morgan fingerprint density at radius 1 is 0.451 bits per heavy atom. The van der Waals surface area contributed by atoms with E-state index in [2.05, 4.69) is 43.5 Å². The monoisotopic (exact) mass is 716 g/mol. The number of rotatable bonds is 41. The van der Waals surface area contributed by atoms with Crippen LogP contribution >= 0.6 is 0 Å². The lowest BCUT2D eigenvalue weighted by atomic mass is 10.0. The molecule has 0 aromatic rings. The largest absolute Gasteiger partial charge is 0.394 e. The Hall–Kier alpha value is -1.39. The van der Waals surface area contributed by atoms with Crippen LogP contribution in [0, 0.1) is 0 Å². The van der Waals surface area contributed by atoms with Gasteiger partial charge in [0.05, 0.1) is 18.8 Å². The highest BCUT2D eigenvalue weighted by Gasteiger charge is 2.17. The summed E-state index contributed by atoms with van der Waals surface area (Å²) in [6.45, 7) is 4.27. The topological polar surface area (TPSA) is 69.6 Å². The minimum absolute atomic E-state index is 0.0757. The zero-order chi connectivity index (χ0) is 37.1. The number of amides is 1. The number of carbonyl (C=O) groups is 1. The van der Waals surface area contributed by atoms with Crippen LogP contribution in [-0.4, -0.2) is 34.9 Å². The van der Waals surface area contributed by atoms with Gasteiger partial charge in [0.1, 0.15) is 0 Å². The van der Waals surface area contributed by atoms with Gasteiger partial charge in [-0.2, -0.15) is 0 Å². The fraction of sp³-hybridized carbons (Fsp3) is 0.851. The maximum atomic E-state index is 12.4. The molecule has 300 valence electrons. The summed E-state index contributed by atoms with van der Waals surface area (Å²) in [5, 5.41) is 22.9. The van der Waals surface area contributed by atoms with Crippen LogP contribution in [0.2, 0.25) is 0 Å². The van der Waals surface area contributed by atoms with Crippen molar-refractivity contribution in [2.75, 3.05) is 6.61 Å². The molecule has 0 radical (unpaired) electrons. The van der Waals surface area contributed by atoms with Crippen molar-refractivity contribution in [2.24, 2.45) is 0 Å². The average molecular weight is 716 g/mol. The highest BCUT2D eigenvalue weighted by Crippen LogP contribution is 2.16. The molecule has 4 heteroatoms. The van der Waals surface area contributed by atoms with Crippen LogP contribution in [0.25, 0.3) is 0 Å². The molecule has 0 saturated carbocycles. The number of hydrogen-bond acceptors (Lipinski definition) is 3. The third-order valence-corrected chi connectivity index (χ3v) is 10.4. The van der Waals surface area contributed by atoms with E-state index in [0.717, 1.165) is 38.5 Å². The minimum Gasteiger partial charge on any atom is -0.394 e. The zero-order valence-corrected chi connectivity index (χ0v) is 34.4. The predicted molar refractivity (Wildman–Crippen MR) is 225 cm³/mol. The first-order chi connectivity index (χ1) is 25.2. The SMILES string of the molecule is CCCCC/C=C/CC/C=C/CC/C=C/C(O)C(CO)NC(=O)CCCCCCCCCCCCCCCCCCCCCCCCCCCC. The lowest BCUT2D eigenvalue weighted by molar-refractivity contribution is -0.123. The van der Waals surface area contributed by atoms with Crippen molar-refractivity contribution < 1.29 is 15.0 Å². The molecule has 2 atom stereocenters. The highest BCUT2D eigenvalue weighted by atomic mass is 16.3. The van der Waals surface area contributed by atoms with Gasteiger partial charge in [-0.15, -0.1) is 0 Å². The van der Waals surface area contributed by atoms with Gasteiger partial charge in [0.25, 0.3) is 0 Å². The summed E-state index contributed by atoms with van der Waals surface area (Å²) in [5.41, 5.74) is 0. The Morgan fingerprint density at radius 2 is 0.765 bits per heavy atom. The number of hydrogen-bond donors (Lipinski definition) is 3. The smallest absolute Gasteiger partial charge is 0.220 e. The molecule has 3 N–H and O–H groups in total. The van der Waals surface area contributed by atoms with E-state index in [4.69, 9.17) is 0 Å². The van der Waals surface area contributed by atoms with Gasteiger partial charge in [-0.25, -0.2) is 0 Å². The minimum atomic E-state index is -0.866. The van der Waals surface area contributed by atoms with Gasteiger partial charge in [-0.3, -0.25) is 4.79 Å². The third-order valence-electron chi connectivity index (χ3n) is 10.4. The van der Waals surface area contributed by atoms with Gasteiger partial charge in [0, 0.05) is 6.42 Å². The molecule has 0 saturated heterocycles. The van der Waals surface area contributed by atoms with Crippen LogP contribution < -0.4 is 5.32 Å². The van der Waals surface area contributed by atoms with Crippen molar-refractivity contribution in [3.63, 3.8) is 0 Å². The van der Waals surface area contributed by atoms with Crippen molar-refractivity contribution in [3.8, 4) is 0 Å². The molecule has 0 aliphatic rings. The summed E-state index contributed by atoms with van der Waals surface area (Å²) < 4.78 is 0. The highest BCUT2D eigenvalue weighted by molar-refractivity contribution is 5.76. The fourth-order valence-electron chi connectivity index (χ4n) is 6.86. The predicted octanol–water partition coefficient (Wildman–Crippen LogP) is 14.2. The summed E-state index contributed by atoms with van der Waals surface area (Å²) in [7, 11) is 0. The van der Waals surface area contributed by atoms with Gasteiger partial charge >= 0.3 is 0 Å². The van der Waals surface area contributed by atoms with Crippen molar-refractivity contribution in [1.29, 1.82) is 0 Å². The second-order valence-corrected chi connectivity index (χ2v) is 15.5. The van der Waals surface area contributed by atoms with Crippen LogP contribution in [-0.2, 0) is 4.79 Å². The average Bonchev–Trinajstić information content (AvgIpc) is 3.13.